The molecule has 128 valence electrons. The summed E-state index contributed by atoms with van der Waals surface area (Å²) in [7, 11) is 0. The fourth-order valence-corrected chi connectivity index (χ4v) is 2.38. The van der Waals surface area contributed by atoms with Crippen molar-refractivity contribution < 1.29 is 19.1 Å². The number of carboxylic acid groups (broad SMARTS) is 1. The van der Waals surface area contributed by atoms with Gasteiger partial charge in [0.05, 0.1) is 23.1 Å². The highest BCUT2D eigenvalue weighted by atomic mass is 19.1. The summed E-state index contributed by atoms with van der Waals surface area (Å²) >= 11 is 0. The van der Waals surface area contributed by atoms with Gasteiger partial charge in [-0.3, -0.25) is 4.79 Å². The highest BCUT2D eigenvalue weighted by Gasteiger charge is 2.22. The van der Waals surface area contributed by atoms with E-state index in [0.717, 1.165) is 6.42 Å². The van der Waals surface area contributed by atoms with E-state index in [4.69, 9.17) is 0 Å². The minimum Gasteiger partial charge on any atom is -0.480 e. The molecule has 2 aromatic rings. The standard InChI is InChI=1S/C17H20FN3O3/c1-3-4-5-15(17(23)24)20-16(22)14-10-19-21(11(14)2)13-8-6-12(18)7-9-13/h6-10,15H,3-5H2,1-2H3,(H,20,22)(H,23,24)/t15-/m0/s1. The smallest absolute Gasteiger partial charge is 0.326 e. The van der Waals surface area contributed by atoms with Gasteiger partial charge in [0.25, 0.3) is 5.91 Å². The maximum absolute atomic E-state index is 13.0. The molecule has 0 aliphatic heterocycles. The van der Waals surface area contributed by atoms with Crippen LogP contribution in [0.4, 0.5) is 4.39 Å². The van der Waals surface area contributed by atoms with Crippen LogP contribution >= 0.6 is 0 Å². The molecule has 0 radical (unpaired) electrons. The average molecular weight is 333 g/mol. The van der Waals surface area contributed by atoms with E-state index in [1.54, 1.807) is 19.1 Å². The second kappa shape index (κ2) is 7.72. The Morgan fingerprint density at radius 1 is 1.33 bits per heavy atom. The summed E-state index contributed by atoms with van der Waals surface area (Å²) in [5.74, 6) is -1.90. The zero-order valence-electron chi connectivity index (χ0n) is 13.6. The molecule has 1 atom stereocenters. The van der Waals surface area contributed by atoms with Crippen molar-refractivity contribution in [3.8, 4) is 5.69 Å². The number of amides is 1. The molecule has 0 spiro atoms. The number of nitrogens with zero attached hydrogens (tertiary/aromatic N) is 2. The quantitative estimate of drug-likeness (QED) is 0.816. The molecule has 0 aliphatic rings. The van der Waals surface area contributed by atoms with Crippen molar-refractivity contribution in [3.05, 3.63) is 47.5 Å². The minimum absolute atomic E-state index is 0.294. The molecule has 1 aromatic heterocycles. The maximum atomic E-state index is 13.0. The zero-order chi connectivity index (χ0) is 17.7. The van der Waals surface area contributed by atoms with Gasteiger partial charge in [-0.1, -0.05) is 19.8 Å². The molecule has 0 unspecified atom stereocenters. The van der Waals surface area contributed by atoms with Crippen LogP contribution in [-0.4, -0.2) is 32.8 Å². The first kappa shape index (κ1) is 17.7. The fourth-order valence-electron chi connectivity index (χ4n) is 2.38. The Bertz CT molecular complexity index is 725. The first-order chi connectivity index (χ1) is 11.4. The number of rotatable bonds is 7. The van der Waals surface area contributed by atoms with Crippen molar-refractivity contribution >= 4 is 11.9 Å². The fraction of sp³-hybridized carbons (Fsp3) is 0.353. The summed E-state index contributed by atoms with van der Waals surface area (Å²) < 4.78 is 14.5. The van der Waals surface area contributed by atoms with Crippen LogP contribution in [0.5, 0.6) is 0 Å². The number of unbranched alkanes of at least 4 members (excludes halogenated alkanes) is 1. The maximum Gasteiger partial charge on any atom is 0.326 e. The zero-order valence-corrected chi connectivity index (χ0v) is 13.6. The second-order valence-corrected chi connectivity index (χ2v) is 5.54. The van der Waals surface area contributed by atoms with Gasteiger partial charge in [0.15, 0.2) is 0 Å². The number of carbonyl (C=O) groups is 2. The molecule has 1 heterocycles. The van der Waals surface area contributed by atoms with Crippen LogP contribution in [0.15, 0.2) is 30.5 Å². The molecule has 0 fully saturated rings. The number of benzene rings is 1. The van der Waals surface area contributed by atoms with Gasteiger partial charge in [-0.15, -0.1) is 0 Å². The third-order valence-corrected chi connectivity index (χ3v) is 3.78. The predicted octanol–water partition coefficient (Wildman–Crippen LogP) is 2.69. The van der Waals surface area contributed by atoms with Crippen molar-refractivity contribution in [1.82, 2.24) is 15.1 Å². The third-order valence-electron chi connectivity index (χ3n) is 3.78. The molecular weight excluding hydrogens is 313 g/mol. The number of carboxylic acids is 1. The Kier molecular flexibility index (Phi) is 5.68. The number of halogens is 1. The first-order valence-corrected chi connectivity index (χ1v) is 7.78. The van der Waals surface area contributed by atoms with Crippen LogP contribution in [0, 0.1) is 12.7 Å². The van der Waals surface area contributed by atoms with Crippen LogP contribution in [0.3, 0.4) is 0 Å². The lowest BCUT2D eigenvalue weighted by atomic mass is 10.1. The number of aromatic nitrogens is 2. The van der Waals surface area contributed by atoms with Crippen molar-refractivity contribution in [1.29, 1.82) is 0 Å². The van der Waals surface area contributed by atoms with E-state index >= 15 is 0 Å². The van der Waals surface area contributed by atoms with Crippen LogP contribution < -0.4 is 5.32 Å². The summed E-state index contributed by atoms with van der Waals surface area (Å²) in [6.45, 7) is 3.66. The lowest BCUT2D eigenvalue weighted by molar-refractivity contribution is -0.139. The van der Waals surface area contributed by atoms with E-state index in [9.17, 15) is 19.1 Å². The Balaban J connectivity index is 2.18. The Morgan fingerprint density at radius 2 is 2.00 bits per heavy atom. The molecule has 2 N–H and O–H groups in total. The number of hydrogen-bond acceptors (Lipinski definition) is 3. The van der Waals surface area contributed by atoms with Gasteiger partial charge in [0.1, 0.15) is 11.9 Å². The molecule has 0 bridgehead atoms. The SMILES string of the molecule is CCCC[C@H](NC(=O)c1cnn(-c2ccc(F)cc2)c1C)C(=O)O. The molecule has 24 heavy (non-hydrogen) atoms. The summed E-state index contributed by atoms with van der Waals surface area (Å²) in [6, 6.07) is 4.80. The van der Waals surface area contributed by atoms with E-state index in [-0.39, 0.29) is 5.82 Å². The molecule has 0 saturated carbocycles. The van der Waals surface area contributed by atoms with Gasteiger partial charge in [-0.2, -0.15) is 5.10 Å². The van der Waals surface area contributed by atoms with E-state index in [1.807, 2.05) is 6.92 Å². The van der Waals surface area contributed by atoms with Gasteiger partial charge >= 0.3 is 5.97 Å². The highest BCUT2D eigenvalue weighted by molar-refractivity contribution is 5.97. The Morgan fingerprint density at radius 3 is 2.58 bits per heavy atom. The largest absolute Gasteiger partial charge is 0.480 e. The van der Waals surface area contributed by atoms with Crippen LogP contribution in [0.2, 0.25) is 0 Å². The Hall–Kier alpha value is -2.70. The summed E-state index contributed by atoms with van der Waals surface area (Å²) in [4.78, 5) is 23.6. The van der Waals surface area contributed by atoms with E-state index in [2.05, 4.69) is 10.4 Å². The lowest BCUT2D eigenvalue weighted by Gasteiger charge is -2.14. The van der Waals surface area contributed by atoms with Crippen molar-refractivity contribution in [2.75, 3.05) is 0 Å². The van der Waals surface area contributed by atoms with Gasteiger partial charge in [0, 0.05) is 0 Å². The number of aliphatic carboxylic acids is 1. The van der Waals surface area contributed by atoms with Crippen LogP contribution in [0.25, 0.3) is 5.69 Å². The molecule has 6 nitrogen and oxygen atoms in total. The number of nitrogens with one attached hydrogen (secondary N) is 1. The molecule has 7 heteroatoms. The first-order valence-electron chi connectivity index (χ1n) is 7.78. The highest BCUT2D eigenvalue weighted by Crippen LogP contribution is 2.15. The molecule has 2 rings (SSSR count). The van der Waals surface area contributed by atoms with Crippen molar-refractivity contribution in [3.63, 3.8) is 0 Å². The molecule has 0 saturated heterocycles. The lowest BCUT2D eigenvalue weighted by Crippen LogP contribution is -2.40. The molecule has 0 aliphatic carbocycles. The molecule has 1 aromatic carbocycles. The third kappa shape index (κ3) is 3.98. The Labute approximate surface area is 139 Å². The van der Waals surface area contributed by atoms with Crippen LogP contribution in [-0.2, 0) is 4.79 Å². The van der Waals surface area contributed by atoms with Gasteiger partial charge in [0.2, 0.25) is 0 Å². The van der Waals surface area contributed by atoms with E-state index < -0.39 is 17.9 Å². The number of carbonyl (C=O) groups excluding carboxylic acids is 1. The van der Waals surface area contributed by atoms with Crippen molar-refractivity contribution in [2.24, 2.45) is 0 Å². The normalized spacial score (nSPS) is 12.0. The average Bonchev–Trinajstić information content (AvgIpc) is 2.93. The summed E-state index contributed by atoms with van der Waals surface area (Å²) in [5, 5.41) is 15.9. The van der Waals surface area contributed by atoms with Gasteiger partial charge < -0.3 is 10.4 Å². The monoisotopic (exact) mass is 333 g/mol. The summed E-state index contributed by atoms with van der Waals surface area (Å²) in [6.07, 6.45) is 3.32. The second-order valence-electron chi connectivity index (χ2n) is 5.54. The molecular formula is C17H20FN3O3. The molecule has 1 amide bonds. The van der Waals surface area contributed by atoms with Gasteiger partial charge in [-0.05, 0) is 37.6 Å². The van der Waals surface area contributed by atoms with E-state index in [0.29, 0.717) is 29.8 Å². The minimum atomic E-state index is -1.06. The topological polar surface area (TPSA) is 84.2 Å². The predicted molar refractivity (Wildman–Crippen MR) is 86.7 cm³/mol. The van der Waals surface area contributed by atoms with E-state index in [1.165, 1.54) is 23.0 Å². The van der Waals surface area contributed by atoms with Crippen molar-refractivity contribution in [2.45, 2.75) is 39.2 Å². The summed E-state index contributed by atoms with van der Waals surface area (Å²) in [5.41, 5.74) is 1.47. The number of hydrogen-bond donors (Lipinski definition) is 2. The van der Waals surface area contributed by atoms with Gasteiger partial charge in [-0.25, -0.2) is 13.9 Å². The van der Waals surface area contributed by atoms with Crippen LogP contribution in [0.1, 0.15) is 42.2 Å².